The van der Waals surface area contributed by atoms with Crippen molar-refractivity contribution in [3.63, 3.8) is 0 Å². The van der Waals surface area contributed by atoms with Crippen LogP contribution in [0.15, 0.2) is 0 Å². The van der Waals surface area contributed by atoms with Crippen LogP contribution in [0.2, 0.25) is 0 Å². The van der Waals surface area contributed by atoms with Gasteiger partial charge in [0.15, 0.2) is 0 Å². The summed E-state index contributed by atoms with van der Waals surface area (Å²) in [5, 5.41) is 0. The van der Waals surface area contributed by atoms with Gasteiger partial charge in [-0.1, -0.05) is 6.92 Å². The third-order valence-electron chi connectivity index (χ3n) is 0.144. The van der Waals surface area contributed by atoms with Gasteiger partial charge in [0.05, 0.1) is 0 Å². The Bertz CT molecular complexity index is 8.00. The van der Waals surface area contributed by atoms with Crippen LogP contribution in [0, 0.1) is 0 Å². The first-order valence-corrected chi connectivity index (χ1v) is 3.41. The van der Waals surface area contributed by atoms with E-state index in [9.17, 15) is 0 Å². The monoisotopic (exact) mass is 89.0 g/mol. The molecule has 0 saturated heterocycles. The minimum Gasteiger partial charge on any atom is -0.193 e. The first-order valence-electron chi connectivity index (χ1n) is 1.20. The molecule has 0 bridgehead atoms. The summed E-state index contributed by atoms with van der Waals surface area (Å²) in [6, 6.07) is 0. The highest BCUT2D eigenvalue weighted by Gasteiger charge is 1.56. The third-order valence-corrected chi connectivity index (χ3v) is 1.30. The van der Waals surface area contributed by atoms with Crippen LogP contribution in [0.5, 0.6) is 0 Å². The molecule has 0 saturated carbocycles. The van der Waals surface area contributed by atoms with Crippen molar-refractivity contribution in [3.8, 4) is 0 Å². The molecular weight excluding hydrogens is 84.2 g/mol. The summed E-state index contributed by atoms with van der Waals surface area (Å²) in [6.45, 7) is 2.09. The Morgan fingerprint density at radius 1 is 2.00 bits per heavy atom. The zero-order valence-electron chi connectivity index (χ0n) is 2.62. The fourth-order valence-electron chi connectivity index (χ4n) is 0. The van der Waals surface area contributed by atoms with Gasteiger partial charge in [0.25, 0.3) is 0 Å². The summed E-state index contributed by atoms with van der Waals surface area (Å²) in [7, 11) is 3.20. The second-order valence-electron chi connectivity index (χ2n) is 0.433. The average molecular weight is 89.2 g/mol. The molecule has 0 fully saturated rings. The molecule has 0 atom stereocenters. The fraction of sp³-hybridized carbons (Fsp3) is 1.00. The molecule has 0 heterocycles. The molecule has 0 unspecified atom stereocenters. The molecule has 0 N–H and O–H groups in total. The Labute approximate surface area is 34.0 Å². The Kier molecular flexibility index (Phi) is 4.07. The lowest BCUT2D eigenvalue weighted by Gasteiger charge is -1.69. The molecular formula is C2H5SSi. The van der Waals surface area contributed by atoms with Gasteiger partial charge in [-0.2, -0.15) is 11.2 Å². The standard InChI is InChI=1S/C2H5SSi/c1-2-3-4/h2H2,1H3. The van der Waals surface area contributed by atoms with Crippen molar-refractivity contribution in [3.05, 3.63) is 0 Å². The van der Waals surface area contributed by atoms with Crippen molar-refractivity contribution in [2.75, 3.05) is 5.75 Å². The molecule has 0 aliphatic heterocycles. The van der Waals surface area contributed by atoms with Crippen LogP contribution < -0.4 is 0 Å². The fourth-order valence-corrected chi connectivity index (χ4v) is 0. The first-order chi connectivity index (χ1) is 1.91. The van der Waals surface area contributed by atoms with Crippen LogP contribution in [0.3, 0.4) is 0 Å². The van der Waals surface area contributed by atoms with Crippen LogP contribution in [-0.4, -0.2) is 15.1 Å². The van der Waals surface area contributed by atoms with E-state index in [0.717, 1.165) is 5.75 Å². The zero-order chi connectivity index (χ0) is 3.41. The smallest absolute Gasteiger partial charge is 0.120 e. The van der Waals surface area contributed by atoms with Crippen LogP contribution >= 0.6 is 11.2 Å². The van der Waals surface area contributed by atoms with Gasteiger partial charge in [0.2, 0.25) is 0 Å². The Hall–Kier alpha value is 0.567. The summed E-state index contributed by atoms with van der Waals surface area (Å²) in [5.74, 6) is 1.15. The number of hydrogen-bond donors (Lipinski definition) is 0. The maximum Gasteiger partial charge on any atom is 0.120 e. The SMILES string of the molecule is CCS[Si]. The van der Waals surface area contributed by atoms with E-state index < -0.39 is 0 Å². The quantitative estimate of drug-likeness (QED) is 0.429. The maximum atomic E-state index is 3.20. The van der Waals surface area contributed by atoms with Crippen molar-refractivity contribution in [1.29, 1.82) is 0 Å². The lowest BCUT2D eigenvalue weighted by molar-refractivity contribution is 1.54. The highest BCUT2D eigenvalue weighted by atomic mass is 32.4. The van der Waals surface area contributed by atoms with E-state index in [1.807, 2.05) is 0 Å². The Morgan fingerprint density at radius 3 is 2.25 bits per heavy atom. The third kappa shape index (κ3) is 2.57. The zero-order valence-corrected chi connectivity index (χ0v) is 4.43. The van der Waals surface area contributed by atoms with Gasteiger partial charge in [-0.05, 0) is 5.75 Å². The van der Waals surface area contributed by atoms with E-state index in [-0.39, 0.29) is 0 Å². The summed E-state index contributed by atoms with van der Waals surface area (Å²) >= 11 is 1.66. The van der Waals surface area contributed by atoms with Crippen LogP contribution in [0.4, 0.5) is 0 Å². The van der Waals surface area contributed by atoms with Crippen molar-refractivity contribution >= 4 is 20.6 Å². The molecule has 23 valence electrons. The van der Waals surface area contributed by atoms with Crippen molar-refractivity contribution in [2.45, 2.75) is 6.92 Å². The average Bonchev–Trinajstić information content (AvgIpc) is 1.37. The Morgan fingerprint density at radius 2 is 2.25 bits per heavy atom. The van der Waals surface area contributed by atoms with E-state index in [1.165, 1.54) is 0 Å². The van der Waals surface area contributed by atoms with Gasteiger partial charge in [-0.15, -0.1) is 0 Å². The van der Waals surface area contributed by atoms with Gasteiger partial charge < -0.3 is 0 Å². The summed E-state index contributed by atoms with van der Waals surface area (Å²) < 4.78 is 0. The maximum absolute atomic E-state index is 3.20. The molecule has 0 aromatic carbocycles. The van der Waals surface area contributed by atoms with Crippen molar-refractivity contribution < 1.29 is 0 Å². The molecule has 0 rings (SSSR count). The van der Waals surface area contributed by atoms with Crippen molar-refractivity contribution in [2.24, 2.45) is 0 Å². The van der Waals surface area contributed by atoms with Crippen LogP contribution in [0.25, 0.3) is 0 Å². The van der Waals surface area contributed by atoms with E-state index in [2.05, 4.69) is 16.3 Å². The lowest BCUT2D eigenvalue weighted by Crippen LogP contribution is -1.54. The topological polar surface area (TPSA) is 0 Å². The second-order valence-corrected chi connectivity index (χ2v) is 2.17. The molecule has 2 heteroatoms. The molecule has 0 aliphatic carbocycles. The van der Waals surface area contributed by atoms with Gasteiger partial charge in [-0.3, -0.25) is 0 Å². The second kappa shape index (κ2) is 3.57. The molecule has 0 aromatic rings. The lowest BCUT2D eigenvalue weighted by atomic mass is 11.0. The van der Waals surface area contributed by atoms with Gasteiger partial charge in [-0.25, -0.2) is 0 Å². The van der Waals surface area contributed by atoms with Crippen molar-refractivity contribution in [1.82, 2.24) is 0 Å². The first kappa shape index (κ1) is 4.57. The van der Waals surface area contributed by atoms with Crippen LogP contribution in [-0.2, 0) is 0 Å². The van der Waals surface area contributed by atoms with E-state index in [4.69, 9.17) is 0 Å². The summed E-state index contributed by atoms with van der Waals surface area (Å²) in [5.41, 5.74) is 0. The van der Waals surface area contributed by atoms with Gasteiger partial charge in [0, 0.05) is 0 Å². The van der Waals surface area contributed by atoms with Crippen LogP contribution in [0.1, 0.15) is 6.92 Å². The minimum absolute atomic E-state index is 1.15. The number of rotatable bonds is 1. The highest BCUT2D eigenvalue weighted by Crippen LogP contribution is 1.81. The normalized spacial score (nSPS) is 7.50. The summed E-state index contributed by atoms with van der Waals surface area (Å²) in [6.07, 6.45) is 0. The molecule has 0 nitrogen and oxygen atoms in total. The summed E-state index contributed by atoms with van der Waals surface area (Å²) in [4.78, 5) is 0. The molecule has 0 aromatic heterocycles. The number of hydrogen-bond acceptors (Lipinski definition) is 1. The molecule has 0 aliphatic rings. The largest absolute Gasteiger partial charge is 0.193 e. The predicted molar refractivity (Wildman–Crippen MR) is 23.9 cm³/mol. The van der Waals surface area contributed by atoms with E-state index >= 15 is 0 Å². The predicted octanol–water partition coefficient (Wildman–Crippen LogP) is 0.823. The molecule has 4 heavy (non-hydrogen) atoms. The molecule has 3 radical (unpaired) electrons. The highest BCUT2D eigenvalue weighted by molar-refractivity contribution is 8.19. The molecule has 0 spiro atoms. The molecule has 0 amide bonds. The van der Waals surface area contributed by atoms with Gasteiger partial charge >= 0.3 is 0 Å². The Balaban J connectivity index is 1.97. The van der Waals surface area contributed by atoms with Gasteiger partial charge in [0.1, 0.15) is 9.39 Å². The minimum atomic E-state index is 1.15. The van der Waals surface area contributed by atoms with E-state index in [1.54, 1.807) is 11.2 Å². The van der Waals surface area contributed by atoms with E-state index in [0.29, 0.717) is 0 Å².